The van der Waals surface area contributed by atoms with Crippen molar-refractivity contribution in [3.05, 3.63) is 35.4 Å². The standard InChI is InChI=1S/C14H19BrN2O2/c1-10(13(18)16-2)9-17(3)14(19)12-6-4-11(8-15)5-7-12/h4-7,10H,8-9H2,1-3H3,(H,16,18). The van der Waals surface area contributed by atoms with E-state index in [0.29, 0.717) is 12.1 Å². The third kappa shape index (κ3) is 4.35. The molecule has 1 atom stereocenters. The molecular formula is C14H19BrN2O2. The lowest BCUT2D eigenvalue weighted by atomic mass is 10.1. The summed E-state index contributed by atoms with van der Waals surface area (Å²) in [6.45, 7) is 2.20. The second-order valence-corrected chi connectivity index (χ2v) is 5.09. The van der Waals surface area contributed by atoms with Crippen LogP contribution in [-0.4, -0.2) is 37.4 Å². The highest BCUT2D eigenvalue weighted by molar-refractivity contribution is 9.08. The highest BCUT2D eigenvalue weighted by Gasteiger charge is 2.18. The average molecular weight is 327 g/mol. The van der Waals surface area contributed by atoms with Gasteiger partial charge in [0.2, 0.25) is 5.91 Å². The average Bonchev–Trinajstić information content (AvgIpc) is 2.45. The predicted molar refractivity (Wildman–Crippen MR) is 79.3 cm³/mol. The molecule has 0 heterocycles. The molecule has 0 bridgehead atoms. The minimum absolute atomic E-state index is 0.0608. The fraction of sp³-hybridized carbons (Fsp3) is 0.429. The maximum Gasteiger partial charge on any atom is 0.253 e. The monoisotopic (exact) mass is 326 g/mol. The number of nitrogens with one attached hydrogen (secondary N) is 1. The van der Waals surface area contributed by atoms with Gasteiger partial charge in [0.25, 0.3) is 5.91 Å². The molecule has 1 aromatic rings. The van der Waals surface area contributed by atoms with E-state index in [4.69, 9.17) is 0 Å². The number of carbonyl (C=O) groups is 2. The van der Waals surface area contributed by atoms with E-state index in [2.05, 4.69) is 21.2 Å². The molecule has 1 unspecified atom stereocenters. The molecule has 5 heteroatoms. The Morgan fingerprint density at radius 3 is 2.37 bits per heavy atom. The molecule has 1 aromatic carbocycles. The third-order valence-corrected chi connectivity index (χ3v) is 3.59. The largest absolute Gasteiger partial charge is 0.359 e. The van der Waals surface area contributed by atoms with Crippen LogP contribution in [0.3, 0.4) is 0 Å². The zero-order chi connectivity index (χ0) is 14.4. The van der Waals surface area contributed by atoms with E-state index in [1.165, 1.54) is 0 Å². The van der Waals surface area contributed by atoms with Crippen molar-refractivity contribution in [3.63, 3.8) is 0 Å². The maximum absolute atomic E-state index is 12.2. The van der Waals surface area contributed by atoms with Crippen molar-refractivity contribution in [2.24, 2.45) is 5.92 Å². The minimum atomic E-state index is -0.222. The van der Waals surface area contributed by atoms with E-state index >= 15 is 0 Å². The number of carbonyl (C=O) groups excluding carboxylic acids is 2. The summed E-state index contributed by atoms with van der Waals surface area (Å²) in [6.07, 6.45) is 0. The summed E-state index contributed by atoms with van der Waals surface area (Å²) in [5, 5.41) is 3.35. The molecular weight excluding hydrogens is 308 g/mol. The van der Waals surface area contributed by atoms with Crippen LogP contribution in [0, 0.1) is 5.92 Å². The molecule has 0 aliphatic heterocycles. The molecule has 1 rings (SSSR count). The first kappa shape index (κ1) is 15.7. The van der Waals surface area contributed by atoms with Gasteiger partial charge < -0.3 is 10.2 Å². The van der Waals surface area contributed by atoms with E-state index in [1.54, 1.807) is 38.1 Å². The van der Waals surface area contributed by atoms with Crippen LogP contribution in [0.1, 0.15) is 22.8 Å². The predicted octanol–water partition coefficient (Wildman–Crippen LogP) is 2.04. The fourth-order valence-corrected chi connectivity index (χ4v) is 2.15. The number of rotatable bonds is 5. The number of halogens is 1. The maximum atomic E-state index is 12.2. The van der Waals surface area contributed by atoms with Crippen molar-refractivity contribution in [1.29, 1.82) is 0 Å². The molecule has 4 nitrogen and oxygen atoms in total. The van der Waals surface area contributed by atoms with E-state index in [0.717, 1.165) is 10.9 Å². The Morgan fingerprint density at radius 2 is 1.89 bits per heavy atom. The van der Waals surface area contributed by atoms with Crippen LogP contribution in [0.15, 0.2) is 24.3 Å². The molecule has 0 radical (unpaired) electrons. The molecule has 2 amide bonds. The van der Waals surface area contributed by atoms with Crippen molar-refractivity contribution in [2.45, 2.75) is 12.3 Å². The fourth-order valence-electron chi connectivity index (χ4n) is 1.78. The second-order valence-electron chi connectivity index (χ2n) is 4.53. The summed E-state index contributed by atoms with van der Waals surface area (Å²) in [5.41, 5.74) is 1.76. The number of nitrogens with zero attached hydrogens (tertiary/aromatic N) is 1. The molecule has 0 aliphatic carbocycles. The molecule has 0 aliphatic rings. The number of benzene rings is 1. The summed E-state index contributed by atoms with van der Waals surface area (Å²) >= 11 is 3.36. The first-order chi connectivity index (χ1) is 8.99. The summed E-state index contributed by atoms with van der Waals surface area (Å²) in [6, 6.07) is 7.44. The number of amides is 2. The lowest BCUT2D eigenvalue weighted by Gasteiger charge is -2.20. The van der Waals surface area contributed by atoms with Gasteiger partial charge in [0, 0.05) is 31.5 Å². The molecule has 0 saturated heterocycles. The summed E-state index contributed by atoms with van der Waals surface area (Å²) < 4.78 is 0. The van der Waals surface area contributed by atoms with E-state index in [-0.39, 0.29) is 17.7 Å². The Hall–Kier alpha value is -1.36. The molecule has 0 fully saturated rings. The molecule has 0 spiro atoms. The van der Waals surface area contributed by atoms with Crippen molar-refractivity contribution >= 4 is 27.7 Å². The highest BCUT2D eigenvalue weighted by atomic mass is 79.9. The minimum Gasteiger partial charge on any atom is -0.359 e. The number of alkyl halides is 1. The third-order valence-electron chi connectivity index (χ3n) is 2.94. The molecule has 104 valence electrons. The van der Waals surface area contributed by atoms with Gasteiger partial charge in [-0.05, 0) is 17.7 Å². The van der Waals surface area contributed by atoms with Crippen LogP contribution in [0.5, 0.6) is 0 Å². The SMILES string of the molecule is CNC(=O)C(C)CN(C)C(=O)c1ccc(CBr)cc1. The molecule has 0 saturated carbocycles. The molecule has 1 N–H and O–H groups in total. The van der Waals surface area contributed by atoms with Crippen LogP contribution in [0.4, 0.5) is 0 Å². The van der Waals surface area contributed by atoms with Gasteiger partial charge in [0.1, 0.15) is 0 Å². The van der Waals surface area contributed by atoms with Crippen LogP contribution in [-0.2, 0) is 10.1 Å². The lowest BCUT2D eigenvalue weighted by Crippen LogP contribution is -2.37. The van der Waals surface area contributed by atoms with E-state index < -0.39 is 0 Å². The molecule has 0 aromatic heterocycles. The normalized spacial score (nSPS) is 11.8. The van der Waals surface area contributed by atoms with Gasteiger partial charge >= 0.3 is 0 Å². The highest BCUT2D eigenvalue weighted by Crippen LogP contribution is 2.10. The van der Waals surface area contributed by atoms with Crippen molar-refractivity contribution < 1.29 is 9.59 Å². The number of hydrogen-bond acceptors (Lipinski definition) is 2. The van der Waals surface area contributed by atoms with Gasteiger partial charge in [-0.25, -0.2) is 0 Å². The Labute approximate surface area is 122 Å². The topological polar surface area (TPSA) is 49.4 Å². The van der Waals surface area contributed by atoms with Gasteiger partial charge in [-0.3, -0.25) is 9.59 Å². The van der Waals surface area contributed by atoms with Crippen molar-refractivity contribution in [1.82, 2.24) is 10.2 Å². The quantitative estimate of drug-likeness (QED) is 0.842. The van der Waals surface area contributed by atoms with Gasteiger partial charge in [0.05, 0.1) is 5.92 Å². The van der Waals surface area contributed by atoms with Gasteiger partial charge in [-0.2, -0.15) is 0 Å². The van der Waals surface area contributed by atoms with Crippen LogP contribution >= 0.6 is 15.9 Å². The summed E-state index contributed by atoms with van der Waals surface area (Å²) in [7, 11) is 3.31. The Bertz CT molecular complexity index is 445. The molecule has 19 heavy (non-hydrogen) atoms. The Morgan fingerprint density at radius 1 is 1.32 bits per heavy atom. The van der Waals surface area contributed by atoms with E-state index in [1.807, 2.05) is 12.1 Å². The van der Waals surface area contributed by atoms with Crippen molar-refractivity contribution in [2.75, 3.05) is 20.6 Å². The van der Waals surface area contributed by atoms with Crippen LogP contribution in [0.25, 0.3) is 0 Å². The lowest BCUT2D eigenvalue weighted by molar-refractivity contribution is -0.124. The smallest absolute Gasteiger partial charge is 0.253 e. The van der Waals surface area contributed by atoms with Gasteiger partial charge in [0.15, 0.2) is 0 Å². The van der Waals surface area contributed by atoms with Gasteiger partial charge in [-0.1, -0.05) is 35.0 Å². The van der Waals surface area contributed by atoms with Crippen molar-refractivity contribution in [3.8, 4) is 0 Å². The Kier molecular flexibility index (Phi) is 6.02. The van der Waals surface area contributed by atoms with Crippen LogP contribution < -0.4 is 5.32 Å². The first-order valence-corrected chi connectivity index (χ1v) is 7.23. The Balaban J connectivity index is 2.68. The zero-order valence-corrected chi connectivity index (χ0v) is 13.0. The number of hydrogen-bond donors (Lipinski definition) is 1. The summed E-state index contributed by atoms with van der Waals surface area (Å²) in [5.74, 6) is -0.355. The van der Waals surface area contributed by atoms with E-state index in [9.17, 15) is 9.59 Å². The first-order valence-electron chi connectivity index (χ1n) is 6.11. The van der Waals surface area contributed by atoms with Gasteiger partial charge in [-0.15, -0.1) is 0 Å². The summed E-state index contributed by atoms with van der Waals surface area (Å²) in [4.78, 5) is 25.2. The zero-order valence-electron chi connectivity index (χ0n) is 11.4. The van der Waals surface area contributed by atoms with Crippen LogP contribution in [0.2, 0.25) is 0 Å². The second kappa shape index (κ2) is 7.28.